The minimum Gasteiger partial charge on any atom is -0.396 e. The first-order valence-electron chi connectivity index (χ1n) is 9.77. The molecule has 0 radical (unpaired) electrons. The summed E-state index contributed by atoms with van der Waals surface area (Å²) in [5, 5.41) is 19.9. The van der Waals surface area contributed by atoms with Gasteiger partial charge in [-0.2, -0.15) is 5.10 Å². The molecule has 2 aromatic rings. The topological polar surface area (TPSA) is 117 Å². The van der Waals surface area contributed by atoms with E-state index in [0.717, 1.165) is 5.52 Å². The number of piperidine rings is 1. The van der Waals surface area contributed by atoms with Gasteiger partial charge < -0.3 is 24.8 Å². The number of hydrogen-bond donors (Lipinski definition) is 3. The summed E-state index contributed by atoms with van der Waals surface area (Å²) in [5.74, 6) is -0.679. The van der Waals surface area contributed by atoms with E-state index in [2.05, 4.69) is 15.5 Å². The quantitative estimate of drug-likeness (QED) is 0.554. The molecule has 1 fully saturated rings. The number of hydrogen-bond acceptors (Lipinski definition) is 6. The van der Waals surface area contributed by atoms with Crippen LogP contribution < -0.4 is 5.32 Å². The smallest absolute Gasteiger partial charge is 0.273 e. The minimum absolute atomic E-state index is 0.0199. The number of nitrogens with zero attached hydrogens (tertiary/aromatic N) is 2. The van der Waals surface area contributed by atoms with Gasteiger partial charge in [-0.25, -0.2) is 0 Å². The van der Waals surface area contributed by atoms with Gasteiger partial charge in [0.25, 0.3) is 5.91 Å². The van der Waals surface area contributed by atoms with Gasteiger partial charge >= 0.3 is 0 Å². The number of nitrogens with one attached hydrogen (secondary N) is 2. The summed E-state index contributed by atoms with van der Waals surface area (Å²) in [5.41, 5.74) is 1.02. The maximum absolute atomic E-state index is 12.9. The number of aliphatic hydroxyl groups is 1. The molecule has 1 aromatic carbocycles. The highest BCUT2D eigenvalue weighted by Gasteiger charge is 2.33. The molecule has 1 aliphatic heterocycles. The van der Waals surface area contributed by atoms with Crippen molar-refractivity contribution in [1.29, 1.82) is 0 Å². The van der Waals surface area contributed by atoms with Gasteiger partial charge in [-0.05, 0) is 19.4 Å². The number of aromatic amines is 1. The normalized spacial score (nSPS) is 20.6. The van der Waals surface area contributed by atoms with E-state index in [9.17, 15) is 14.7 Å². The molecule has 1 saturated heterocycles. The average molecular weight is 404 g/mol. The Morgan fingerprint density at radius 1 is 1.34 bits per heavy atom. The Hall–Kier alpha value is -2.49. The lowest BCUT2D eigenvalue weighted by Crippen LogP contribution is -2.54. The van der Waals surface area contributed by atoms with Crippen LogP contribution in [0.5, 0.6) is 0 Å². The van der Waals surface area contributed by atoms with Crippen LogP contribution in [0.15, 0.2) is 24.3 Å². The van der Waals surface area contributed by atoms with Gasteiger partial charge in [0.15, 0.2) is 5.69 Å². The number of ether oxygens (including phenoxy) is 2. The Morgan fingerprint density at radius 3 is 2.90 bits per heavy atom. The second-order valence-electron chi connectivity index (χ2n) is 7.33. The molecular weight excluding hydrogens is 376 g/mol. The summed E-state index contributed by atoms with van der Waals surface area (Å²) >= 11 is 0. The summed E-state index contributed by atoms with van der Waals surface area (Å²) in [6, 6.07) is 6.59. The predicted molar refractivity (Wildman–Crippen MR) is 106 cm³/mol. The fourth-order valence-electron chi connectivity index (χ4n) is 3.62. The SMILES string of the molecule is COCCO[C@@H]1C[C@@H](CO)CN(C(=O)[C@H](C)NC(=O)c2n[nH]c3ccccc23)C1. The minimum atomic E-state index is -0.727. The molecule has 0 aliphatic carbocycles. The molecule has 9 nitrogen and oxygen atoms in total. The molecule has 3 atom stereocenters. The first kappa shape index (κ1) is 21.2. The second kappa shape index (κ2) is 9.82. The van der Waals surface area contributed by atoms with Gasteiger partial charge in [-0.15, -0.1) is 0 Å². The number of para-hydroxylation sites is 1. The van der Waals surface area contributed by atoms with Crippen LogP contribution in [0.1, 0.15) is 23.8 Å². The summed E-state index contributed by atoms with van der Waals surface area (Å²) in [6.07, 6.45) is 0.516. The van der Waals surface area contributed by atoms with Crippen molar-refractivity contribution in [3.63, 3.8) is 0 Å². The van der Waals surface area contributed by atoms with Gasteiger partial charge in [-0.3, -0.25) is 14.7 Å². The van der Waals surface area contributed by atoms with Gasteiger partial charge in [0.05, 0.1) is 24.8 Å². The zero-order chi connectivity index (χ0) is 20.8. The number of aromatic nitrogens is 2. The maximum Gasteiger partial charge on any atom is 0.273 e. The van der Waals surface area contributed by atoms with Crippen molar-refractivity contribution < 1.29 is 24.2 Å². The molecule has 3 rings (SSSR count). The molecule has 0 saturated carbocycles. The predicted octanol–water partition coefficient (Wildman–Crippen LogP) is 0.554. The Labute approximate surface area is 169 Å². The van der Waals surface area contributed by atoms with Gasteiger partial charge in [0.2, 0.25) is 5.91 Å². The Kier molecular flexibility index (Phi) is 7.18. The first-order chi connectivity index (χ1) is 14.0. The number of amides is 2. The molecule has 0 spiro atoms. The Morgan fingerprint density at radius 2 is 2.14 bits per heavy atom. The average Bonchev–Trinajstić information content (AvgIpc) is 3.17. The van der Waals surface area contributed by atoms with Crippen molar-refractivity contribution in [1.82, 2.24) is 20.4 Å². The molecule has 0 bridgehead atoms. The number of benzene rings is 1. The molecule has 158 valence electrons. The largest absolute Gasteiger partial charge is 0.396 e. The van der Waals surface area contributed by atoms with Crippen LogP contribution in [0.2, 0.25) is 0 Å². The van der Waals surface area contributed by atoms with Crippen molar-refractivity contribution in [2.75, 3.05) is 40.0 Å². The maximum atomic E-state index is 12.9. The van der Waals surface area contributed by atoms with E-state index >= 15 is 0 Å². The van der Waals surface area contributed by atoms with E-state index in [1.807, 2.05) is 18.2 Å². The molecule has 29 heavy (non-hydrogen) atoms. The number of fused-ring (bicyclic) bond motifs is 1. The third-order valence-corrected chi connectivity index (χ3v) is 5.11. The summed E-state index contributed by atoms with van der Waals surface area (Å²) in [4.78, 5) is 27.2. The van der Waals surface area contributed by atoms with E-state index < -0.39 is 11.9 Å². The van der Waals surface area contributed by atoms with Crippen LogP contribution in [0.3, 0.4) is 0 Å². The Bertz CT molecular complexity index is 839. The van der Waals surface area contributed by atoms with Crippen molar-refractivity contribution in [3.8, 4) is 0 Å². The first-order valence-corrected chi connectivity index (χ1v) is 9.77. The summed E-state index contributed by atoms with van der Waals surface area (Å²) in [7, 11) is 1.60. The van der Waals surface area contributed by atoms with Crippen LogP contribution in [0, 0.1) is 5.92 Å². The number of likely N-dealkylation sites (tertiary alicyclic amines) is 1. The van der Waals surface area contributed by atoms with Crippen LogP contribution in [0.25, 0.3) is 10.9 Å². The standard InChI is InChI=1S/C20H28N4O5/c1-13(21-19(26)18-16-5-3-4-6-17(16)22-23-18)20(27)24-10-14(12-25)9-15(11-24)29-8-7-28-2/h3-6,13-15,25H,7-12H2,1-2H3,(H,21,26)(H,22,23)/t13-,14+,15+/m0/s1. The zero-order valence-corrected chi connectivity index (χ0v) is 16.8. The van der Waals surface area contributed by atoms with Crippen LogP contribution in [0.4, 0.5) is 0 Å². The van der Waals surface area contributed by atoms with Crippen LogP contribution >= 0.6 is 0 Å². The van der Waals surface area contributed by atoms with Crippen molar-refractivity contribution in [2.45, 2.75) is 25.5 Å². The number of carbonyl (C=O) groups is 2. The van der Waals surface area contributed by atoms with E-state index in [1.165, 1.54) is 0 Å². The highest BCUT2D eigenvalue weighted by Crippen LogP contribution is 2.20. The van der Waals surface area contributed by atoms with E-state index in [4.69, 9.17) is 9.47 Å². The van der Waals surface area contributed by atoms with Crippen molar-refractivity contribution in [3.05, 3.63) is 30.0 Å². The monoisotopic (exact) mass is 404 g/mol. The number of H-pyrrole nitrogens is 1. The molecule has 1 aromatic heterocycles. The number of aliphatic hydroxyl groups excluding tert-OH is 1. The second-order valence-corrected chi connectivity index (χ2v) is 7.33. The number of methoxy groups -OCH3 is 1. The van der Waals surface area contributed by atoms with Gasteiger partial charge in [0.1, 0.15) is 6.04 Å². The molecular formula is C20H28N4O5. The lowest BCUT2D eigenvalue weighted by Gasteiger charge is -2.38. The van der Waals surface area contributed by atoms with E-state index in [0.29, 0.717) is 38.1 Å². The molecule has 0 unspecified atom stereocenters. The molecule has 3 N–H and O–H groups in total. The zero-order valence-electron chi connectivity index (χ0n) is 16.8. The highest BCUT2D eigenvalue weighted by atomic mass is 16.5. The van der Waals surface area contributed by atoms with E-state index in [-0.39, 0.29) is 30.2 Å². The van der Waals surface area contributed by atoms with Crippen LogP contribution in [-0.4, -0.2) is 84.2 Å². The van der Waals surface area contributed by atoms with E-state index in [1.54, 1.807) is 25.0 Å². The fraction of sp³-hybridized carbons (Fsp3) is 0.550. The lowest BCUT2D eigenvalue weighted by molar-refractivity contribution is -0.139. The van der Waals surface area contributed by atoms with Crippen molar-refractivity contribution >= 4 is 22.7 Å². The molecule has 2 heterocycles. The Balaban J connectivity index is 1.62. The highest BCUT2D eigenvalue weighted by molar-refractivity contribution is 6.05. The molecule has 2 amide bonds. The molecule has 9 heteroatoms. The van der Waals surface area contributed by atoms with Crippen LogP contribution in [-0.2, 0) is 14.3 Å². The summed E-state index contributed by atoms with van der Waals surface area (Å²) in [6.45, 7) is 3.39. The van der Waals surface area contributed by atoms with Gasteiger partial charge in [-0.1, -0.05) is 18.2 Å². The lowest BCUT2D eigenvalue weighted by atomic mass is 9.96. The third kappa shape index (κ3) is 5.11. The molecule has 1 aliphatic rings. The fourth-order valence-corrected chi connectivity index (χ4v) is 3.62. The van der Waals surface area contributed by atoms with Crippen molar-refractivity contribution in [2.24, 2.45) is 5.92 Å². The number of rotatable bonds is 8. The van der Waals surface area contributed by atoms with Gasteiger partial charge in [0, 0.05) is 38.1 Å². The summed E-state index contributed by atoms with van der Waals surface area (Å²) < 4.78 is 10.8. The number of carbonyl (C=O) groups excluding carboxylic acids is 2. The third-order valence-electron chi connectivity index (χ3n) is 5.11.